The first-order valence-electron chi connectivity index (χ1n) is 9.70. The molecule has 1 heterocycles. The molecular formula is C24H18ClN3O4. The zero-order valence-corrected chi connectivity index (χ0v) is 18.0. The lowest BCUT2D eigenvalue weighted by atomic mass is 10.1. The lowest BCUT2D eigenvalue weighted by molar-refractivity contribution is -0.384. The molecule has 4 rings (SSSR count). The minimum atomic E-state index is -0.589. The molecule has 0 aliphatic carbocycles. The van der Waals surface area contributed by atoms with Crippen LogP contribution in [0.5, 0.6) is 5.88 Å². The fraction of sp³-hybridized carbons (Fsp3) is 0.0833. The van der Waals surface area contributed by atoms with E-state index in [1.807, 2.05) is 26.0 Å². The summed E-state index contributed by atoms with van der Waals surface area (Å²) in [5.41, 5.74) is 2.54. The Balaban J connectivity index is 1.94. The van der Waals surface area contributed by atoms with Crippen LogP contribution in [0.15, 0.2) is 70.5 Å². The summed E-state index contributed by atoms with van der Waals surface area (Å²) in [6.07, 6.45) is 1.39. The molecule has 4 aromatic rings. The van der Waals surface area contributed by atoms with Gasteiger partial charge in [-0.3, -0.25) is 19.9 Å². The van der Waals surface area contributed by atoms with Gasteiger partial charge >= 0.3 is 0 Å². The summed E-state index contributed by atoms with van der Waals surface area (Å²) in [6.45, 7) is 3.89. The Bertz CT molecular complexity index is 1470. The second-order valence-electron chi connectivity index (χ2n) is 7.34. The lowest BCUT2D eigenvalue weighted by Gasteiger charge is -2.14. The largest absolute Gasteiger partial charge is 0.494 e. The first kappa shape index (κ1) is 21.3. The van der Waals surface area contributed by atoms with Gasteiger partial charge < -0.3 is 5.11 Å². The molecule has 1 aromatic heterocycles. The number of benzene rings is 3. The number of nitrogens with zero attached hydrogens (tertiary/aromatic N) is 3. The van der Waals surface area contributed by atoms with Gasteiger partial charge in [0.2, 0.25) is 5.88 Å². The molecule has 0 amide bonds. The molecule has 0 fully saturated rings. The number of hydrogen-bond acceptors (Lipinski definition) is 5. The first-order valence-corrected chi connectivity index (χ1v) is 10.1. The van der Waals surface area contributed by atoms with E-state index in [1.165, 1.54) is 29.0 Å². The summed E-state index contributed by atoms with van der Waals surface area (Å²) in [5, 5.41) is 23.2. The minimum absolute atomic E-state index is 0.00513. The van der Waals surface area contributed by atoms with Crippen molar-refractivity contribution in [1.82, 2.24) is 4.57 Å². The highest BCUT2D eigenvalue weighted by Crippen LogP contribution is 2.30. The Morgan fingerprint density at radius 2 is 1.75 bits per heavy atom. The summed E-state index contributed by atoms with van der Waals surface area (Å²) in [4.78, 5) is 28.1. The SMILES string of the molecule is Cc1ccc(-n2c(O)c(C=Nc3ccc(Cl)c([N+](=O)[O-])c3)c3ccccc3c2=O)cc1C. The average molecular weight is 448 g/mol. The van der Waals surface area contributed by atoms with Gasteiger partial charge in [0.25, 0.3) is 11.2 Å². The van der Waals surface area contributed by atoms with E-state index in [0.29, 0.717) is 22.0 Å². The quantitative estimate of drug-likeness (QED) is 0.249. The van der Waals surface area contributed by atoms with E-state index in [1.54, 1.807) is 30.3 Å². The summed E-state index contributed by atoms with van der Waals surface area (Å²) >= 11 is 5.87. The summed E-state index contributed by atoms with van der Waals surface area (Å²) < 4.78 is 1.24. The zero-order chi connectivity index (χ0) is 23.0. The smallest absolute Gasteiger partial charge is 0.290 e. The molecule has 3 aromatic carbocycles. The van der Waals surface area contributed by atoms with E-state index in [4.69, 9.17) is 11.6 Å². The van der Waals surface area contributed by atoms with E-state index in [-0.39, 0.29) is 27.8 Å². The zero-order valence-electron chi connectivity index (χ0n) is 17.2. The highest BCUT2D eigenvalue weighted by Gasteiger charge is 2.17. The van der Waals surface area contributed by atoms with Crippen LogP contribution in [-0.4, -0.2) is 20.8 Å². The minimum Gasteiger partial charge on any atom is -0.494 e. The maximum absolute atomic E-state index is 13.2. The first-order chi connectivity index (χ1) is 15.3. The number of halogens is 1. The second-order valence-corrected chi connectivity index (χ2v) is 7.75. The molecule has 0 bridgehead atoms. The number of pyridine rings is 1. The Morgan fingerprint density at radius 1 is 1.03 bits per heavy atom. The van der Waals surface area contributed by atoms with Gasteiger partial charge in [0.1, 0.15) is 5.02 Å². The monoisotopic (exact) mass is 447 g/mol. The molecular weight excluding hydrogens is 430 g/mol. The van der Waals surface area contributed by atoms with Gasteiger partial charge in [-0.2, -0.15) is 0 Å². The predicted octanol–water partition coefficient (Wildman–Crippen LogP) is 5.63. The van der Waals surface area contributed by atoms with Crippen molar-refractivity contribution in [3.8, 4) is 11.6 Å². The number of nitro groups is 1. The average Bonchev–Trinajstić information content (AvgIpc) is 2.77. The Morgan fingerprint density at radius 3 is 2.44 bits per heavy atom. The maximum atomic E-state index is 13.2. The van der Waals surface area contributed by atoms with Gasteiger partial charge in [0.05, 0.1) is 21.9 Å². The van der Waals surface area contributed by atoms with Gasteiger partial charge in [0, 0.05) is 23.1 Å². The number of nitro benzene ring substituents is 1. The Kier molecular flexibility index (Phi) is 5.50. The number of aromatic hydroxyl groups is 1. The summed E-state index contributed by atoms with van der Waals surface area (Å²) in [6, 6.07) is 16.5. The van der Waals surface area contributed by atoms with Crippen LogP contribution in [0.4, 0.5) is 11.4 Å². The maximum Gasteiger partial charge on any atom is 0.290 e. The highest BCUT2D eigenvalue weighted by atomic mass is 35.5. The molecule has 7 nitrogen and oxygen atoms in total. The van der Waals surface area contributed by atoms with Crippen molar-refractivity contribution >= 4 is 40.0 Å². The standard InChI is InChI=1S/C24H18ClN3O4/c1-14-7-9-17(11-15(14)2)27-23(29)19-6-4-3-5-18(19)20(24(27)30)13-26-16-8-10-21(25)22(12-16)28(31)32/h3-13,30H,1-2H3. The van der Waals surface area contributed by atoms with Crippen LogP contribution in [-0.2, 0) is 0 Å². The van der Waals surface area contributed by atoms with Gasteiger partial charge in [0.15, 0.2) is 0 Å². The van der Waals surface area contributed by atoms with E-state index >= 15 is 0 Å². The number of aryl methyl sites for hydroxylation is 2. The van der Waals surface area contributed by atoms with Crippen molar-refractivity contribution in [1.29, 1.82) is 0 Å². The molecule has 160 valence electrons. The van der Waals surface area contributed by atoms with Crippen LogP contribution < -0.4 is 5.56 Å². The third-order valence-electron chi connectivity index (χ3n) is 5.32. The number of rotatable bonds is 4. The van der Waals surface area contributed by atoms with Crippen LogP contribution in [0.25, 0.3) is 16.5 Å². The molecule has 8 heteroatoms. The molecule has 0 aliphatic heterocycles. The molecule has 0 unspecified atom stereocenters. The van der Waals surface area contributed by atoms with E-state index < -0.39 is 4.92 Å². The van der Waals surface area contributed by atoms with Crippen molar-refractivity contribution < 1.29 is 10.0 Å². The lowest BCUT2D eigenvalue weighted by Crippen LogP contribution is -2.20. The molecule has 0 atom stereocenters. The molecule has 0 radical (unpaired) electrons. The van der Waals surface area contributed by atoms with Gasteiger partial charge in [-0.1, -0.05) is 35.9 Å². The fourth-order valence-corrected chi connectivity index (χ4v) is 3.64. The number of hydrogen-bond donors (Lipinski definition) is 1. The molecule has 0 spiro atoms. The molecule has 32 heavy (non-hydrogen) atoms. The molecule has 0 saturated carbocycles. The fourth-order valence-electron chi connectivity index (χ4n) is 3.45. The van der Waals surface area contributed by atoms with Crippen molar-refractivity contribution in [2.45, 2.75) is 13.8 Å². The second kappa shape index (κ2) is 8.28. The van der Waals surface area contributed by atoms with Crippen LogP contribution in [0.2, 0.25) is 5.02 Å². The van der Waals surface area contributed by atoms with Crippen molar-refractivity contribution in [2.24, 2.45) is 4.99 Å². The molecule has 0 aliphatic rings. The summed E-state index contributed by atoms with van der Waals surface area (Å²) in [5.74, 6) is -0.274. The van der Waals surface area contributed by atoms with E-state index in [2.05, 4.69) is 4.99 Å². The van der Waals surface area contributed by atoms with Gasteiger partial charge in [-0.05, 0) is 55.3 Å². The molecule has 0 saturated heterocycles. The van der Waals surface area contributed by atoms with Crippen molar-refractivity contribution in [3.63, 3.8) is 0 Å². The number of aliphatic imine (C=N–C) groups is 1. The number of aromatic nitrogens is 1. The third-order valence-corrected chi connectivity index (χ3v) is 5.64. The van der Waals surface area contributed by atoms with Gasteiger partial charge in [-0.15, -0.1) is 0 Å². The summed E-state index contributed by atoms with van der Waals surface area (Å²) in [7, 11) is 0. The third kappa shape index (κ3) is 3.74. The number of fused-ring (bicyclic) bond motifs is 1. The van der Waals surface area contributed by atoms with Crippen LogP contribution >= 0.6 is 11.6 Å². The van der Waals surface area contributed by atoms with Crippen molar-refractivity contribution in [2.75, 3.05) is 0 Å². The van der Waals surface area contributed by atoms with E-state index in [9.17, 15) is 20.0 Å². The van der Waals surface area contributed by atoms with Crippen LogP contribution in [0.3, 0.4) is 0 Å². The Hall–Kier alpha value is -3.97. The highest BCUT2D eigenvalue weighted by molar-refractivity contribution is 6.32. The van der Waals surface area contributed by atoms with Crippen LogP contribution in [0, 0.1) is 24.0 Å². The van der Waals surface area contributed by atoms with E-state index in [0.717, 1.165) is 11.1 Å². The Labute approximate surface area is 188 Å². The topological polar surface area (TPSA) is 97.7 Å². The van der Waals surface area contributed by atoms with Crippen LogP contribution in [0.1, 0.15) is 16.7 Å². The van der Waals surface area contributed by atoms with Gasteiger partial charge in [-0.25, -0.2) is 4.57 Å². The normalized spacial score (nSPS) is 11.3. The molecule has 1 N–H and O–H groups in total. The van der Waals surface area contributed by atoms with Crippen molar-refractivity contribution in [3.05, 3.63) is 103 Å². The predicted molar refractivity (Wildman–Crippen MR) is 126 cm³/mol.